The van der Waals surface area contributed by atoms with E-state index in [-0.39, 0.29) is 23.1 Å². The van der Waals surface area contributed by atoms with Crippen molar-refractivity contribution < 1.29 is 21.9 Å². The van der Waals surface area contributed by atoms with Crippen molar-refractivity contribution in [1.29, 1.82) is 0 Å². The first-order chi connectivity index (χ1) is 17.7. The summed E-state index contributed by atoms with van der Waals surface area (Å²) in [5.74, 6) is 0.275. The van der Waals surface area contributed by atoms with E-state index < -0.39 is 21.5 Å². The summed E-state index contributed by atoms with van der Waals surface area (Å²) in [6, 6.07) is 9.39. The van der Waals surface area contributed by atoms with E-state index in [4.69, 9.17) is 9.84 Å². The average Bonchev–Trinajstić information content (AvgIpc) is 3.42. The van der Waals surface area contributed by atoms with Gasteiger partial charge in [0.1, 0.15) is 27.2 Å². The second kappa shape index (κ2) is 9.03. The minimum Gasteiger partial charge on any atom is -0.493 e. The molecule has 0 saturated carbocycles. The molecule has 2 aromatic carbocycles. The Morgan fingerprint density at radius 2 is 1.95 bits per heavy atom. The van der Waals surface area contributed by atoms with Crippen LogP contribution in [-0.4, -0.2) is 76.5 Å². The zero-order valence-electron chi connectivity index (χ0n) is 20.0. The molecule has 0 bridgehead atoms. The summed E-state index contributed by atoms with van der Waals surface area (Å²) >= 11 is 0. The summed E-state index contributed by atoms with van der Waals surface area (Å²) in [5.41, 5.74) is 3.87. The number of halogens is 2. The molecule has 1 saturated heterocycles. The summed E-state index contributed by atoms with van der Waals surface area (Å²) in [7, 11) is -2.97. The van der Waals surface area contributed by atoms with Gasteiger partial charge in [0.25, 0.3) is 5.95 Å². The van der Waals surface area contributed by atoms with E-state index in [9.17, 15) is 17.2 Å². The topological polar surface area (TPSA) is 106 Å². The highest BCUT2D eigenvalue weighted by molar-refractivity contribution is 7.90. The van der Waals surface area contributed by atoms with Crippen LogP contribution in [0.2, 0.25) is 0 Å². The van der Waals surface area contributed by atoms with Crippen LogP contribution in [0.3, 0.4) is 0 Å². The number of benzene rings is 2. The number of fused-ring (bicyclic) bond motifs is 3. The van der Waals surface area contributed by atoms with Gasteiger partial charge in [0.05, 0.1) is 23.6 Å². The first kappa shape index (κ1) is 23.7. The number of hydrogen-bond acceptors (Lipinski definition) is 7. The van der Waals surface area contributed by atoms with Gasteiger partial charge in [-0.15, -0.1) is 5.10 Å². The van der Waals surface area contributed by atoms with Crippen LogP contribution in [0.5, 0.6) is 5.75 Å². The fraction of sp³-hybridized carbons (Fsp3) is 0.320. The Hall–Kier alpha value is -3.64. The van der Waals surface area contributed by atoms with Crippen molar-refractivity contribution >= 4 is 9.84 Å². The van der Waals surface area contributed by atoms with E-state index in [0.717, 1.165) is 47.3 Å². The van der Waals surface area contributed by atoms with Crippen molar-refractivity contribution in [2.24, 2.45) is 0 Å². The highest BCUT2D eigenvalue weighted by Gasteiger charge is 2.30. The number of aromatic amines is 1. The molecule has 1 fully saturated rings. The highest BCUT2D eigenvalue weighted by atomic mass is 32.2. The summed E-state index contributed by atoms with van der Waals surface area (Å²) in [6.07, 6.45) is 3.74. The molecule has 6 rings (SSSR count). The van der Waals surface area contributed by atoms with Gasteiger partial charge in [-0.25, -0.2) is 21.9 Å². The number of nitrogens with one attached hydrogen (secondary N) is 1. The van der Waals surface area contributed by atoms with Crippen LogP contribution >= 0.6 is 0 Å². The van der Waals surface area contributed by atoms with Gasteiger partial charge in [0.15, 0.2) is 5.82 Å². The number of likely N-dealkylation sites (tertiary alicyclic amines) is 1. The Labute approximate surface area is 212 Å². The molecule has 0 amide bonds. The van der Waals surface area contributed by atoms with Crippen molar-refractivity contribution in [2.75, 3.05) is 38.2 Å². The molecular weight excluding hydrogens is 502 g/mol. The Morgan fingerprint density at radius 3 is 2.73 bits per heavy atom. The molecule has 0 radical (unpaired) electrons. The molecule has 0 atom stereocenters. The van der Waals surface area contributed by atoms with E-state index in [2.05, 4.69) is 26.1 Å². The molecule has 4 aromatic rings. The first-order valence-corrected chi connectivity index (χ1v) is 13.9. The number of H-pyrrole nitrogens is 1. The lowest BCUT2D eigenvalue weighted by Crippen LogP contribution is -2.46. The molecule has 12 heteroatoms. The molecule has 2 aliphatic heterocycles. The Bertz CT molecular complexity index is 1590. The van der Waals surface area contributed by atoms with Crippen LogP contribution in [0, 0.1) is 11.6 Å². The Morgan fingerprint density at radius 1 is 1.14 bits per heavy atom. The number of hydrogen-bond donors (Lipinski definition) is 1. The second-order valence-corrected chi connectivity index (χ2v) is 11.8. The van der Waals surface area contributed by atoms with Gasteiger partial charge in [-0.1, -0.05) is 6.07 Å². The minimum atomic E-state index is -2.97. The van der Waals surface area contributed by atoms with E-state index in [1.54, 1.807) is 4.68 Å². The van der Waals surface area contributed by atoms with Gasteiger partial charge in [-0.05, 0) is 29.8 Å². The summed E-state index contributed by atoms with van der Waals surface area (Å²) in [5, 5.41) is 11.6. The first-order valence-electron chi connectivity index (χ1n) is 11.9. The number of sulfone groups is 1. The van der Waals surface area contributed by atoms with Crippen molar-refractivity contribution in [2.45, 2.75) is 12.3 Å². The number of rotatable bonds is 6. The summed E-state index contributed by atoms with van der Waals surface area (Å²) < 4.78 is 57.9. The molecule has 0 unspecified atom stereocenters. The largest absolute Gasteiger partial charge is 0.493 e. The van der Waals surface area contributed by atoms with Crippen LogP contribution in [0.4, 0.5) is 8.78 Å². The maximum absolute atomic E-state index is 14.2. The van der Waals surface area contributed by atoms with E-state index in [1.165, 1.54) is 18.4 Å². The summed E-state index contributed by atoms with van der Waals surface area (Å²) in [4.78, 5) is 6.50. The standard InChI is InChI=1S/C25H24F2N6O3S/c1-37(34,35)9-7-32-12-17(13-32)15-2-4-20-22(10-15)36-8-6-16-14-33(31-23(16)20)25-28-24(29-30-25)19-5-3-18(26)11-21(19)27/h2-5,10-11,14,17H,6-9,12-13H2,1H3,(H,28,29,30). The van der Waals surface area contributed by atoms with Crippen LogP contribution < -0.4 is 4.74 Å². The zero-order valence-corrected chi connectivity index (χ0v) is 20.8. The Kier molecular flexibility index (Phi) is 5.80. The molecule has 0 spiro atoms. The highest BCUT2D eigenvalue weighted by Crippen LogP contribution is 2.38. The zero-order chi connectivity index (χ0) is 25.7. The van der Waals surface area contributed by atoms with Crippen molar-refractivity contribution in [3.05, 3.63) is 65.4 Å². The van der Waals surface area contributed by atoms with Gasteiger partial charge in [0, 0.05) is 61.6 Å². The summed E-state index contributed by atoms with van der Waals surface area (Å²) in [6.45, 7) is 2.67. The van der Waals surface area contributed by atoms with Gasteiger partial charge in [-0.2, -0.15) is 10.1 Å². The lowest BCUT2D eigenvalue weighted by molar-refractivity contribution is 0.158. The Balaban J connectivity index is 1.23. The molecule has 37 heavy (non-hydrogen) atoms. The molecular formula is C25H24F2N6O3S. The molecule has 2 aromatic heterocycles. The maximum Gasteiger partial charge on any atom is 0.269 e. The van der Waals surface area contributed by atoms with Crippen LogP contribution in [0.15, 0.2) is 42.6 Å². The van der Waals surface area contributed by atoms with Crippen molar-refractivity contribution in [3.8, 4) is 34.3 Å². The second-order valence-electron chi connectivity index (χ2n) is 9.50. The number of aromatic nitrogens is 5. The molecule has 9 nitrogen and oxygen atoms in total. The SMILES string of the molecule is CS(=O)(=O)CCN1CC(c2ccc3c(c2)OCCc2cn(-c4n[nH]c(-c5ccc(F)cc5F)n4)nc2-3)C1. The third-order valence-electron chi connectivity index (χ3n) is 6.75. The van der Waals surface area contributed by atoms with E-state index in [0.29, 0.717) is 25.5 Å². The number of nitrogens with zero attached hydrogens (tertiary/aromatic N) is 5. The molecule has 1 N–H and O–H groups in total. The number of ether oxygens (including phenoxy) is 1. The fourth-order valence-corrected chi connectivity index (χ4v) is 5.31. The van der Waals surface area contributed by atoms with E-state index >= 15 is 0 Å². The molecule has 0 aliphatic carbocycles. The molecule has 192 valence electrons. The van der Waals surface area contributed by atoms with Gasteiger partial charge >= 0.3 is 0 Å². The smallest absolute Gasteiger partial charge is 0.269 e. The van der Waals surface area contributed by atoms with Crippen molar-refractivity contribution in [1.82, 2.24) is 29.9 Å². The lowest BCUT2D eigenvalue weighted by atomic mass is 9.90. The normalized spacial score (nSPS) is 16.0. The third kappa shape index (κ3) is 4.74. The van der Waals surface area contributed by atoms with Gasteiger partial charge < -0.3 is 9.64 Å². The van der Waals surface area contributed by atoms with Crippen molar-refractivity contribution in [3.63, 3.8) is 0 Å². The lowest BCUT2D eigenvalue weighted by Gasteiger charge is -2.39. The van der Waals surface area contributed by atoms with E-state index in [1.807, 2.05) is 18.3 Å². The third-order valence-corrected chi connectivity index (χ3v) is 7.68. The average molecular weight is 527 g/mol. The minimum absolute atomic E-state index is 0.117. The van der Waals surface area contributed by atoms with Gasteiger partial charge in [-0.3, -0.25) is 5.10 Å². The quantitative estimate of drug-likeness (QED) is 0.412. The predicted molar refractivity (Wildman–Crippen MR) is 132 cm³/mol. The van der Waals surface area contributed by atoms with Crippen LogP contribution in [-0.2, 0) is 16.3 Å². The van der Waals surface area contributed by atoms with Gasteiger partial charge in [0.2, 0.25) is 0 Å². The maximum atomic E-state index is 14.2. The molecule has 4 heterocycles. The van der Waals surface area contributed by atoms with Crippen LogP contribution in [0.1, 0.15) is 17.0 Å². The monoisotopic (exact) mass is 526 g/mol. The van der Waals surface area contributed by atoms with Crippen LogP contribution in [0.25, 0.3) is 28.6 Å². The fourth-order valence-electron chi connectivity index (χ4n) is 4.72. The predicted octanol–water partition coefficient (Wildman–Crippen LogP) is 2.98. The molecule has 2 aliphatic rings.